The molecule has 5 heteroatoms. The predicted molar refractivity (Wildman–Crippen MR) is 73.3 cm³/mol. The molecule has 0 unspecified atom stereocenters. The monoisotopic (exact) mass is 261 g/mol. The number of aromatic nitrogens is 1. The fourth-order valence-electron chi connectivity index (χ4n) is 2.20. The second kappa shape index (κ2) is 5.82. The Hall–Kier alpha value is -1.91. The zero-order valence-corrected chi connectivity index (χ0v) is 11.4. The van der Waals surface area contributed by atoms with Crippen LogP contribution in [0.1, 0.15) is 30.8 Å². The van der Waals surface area contributed by atoms with Crippen molar-refractivity contribution >= 4 is 17.4 Å². The normalized spacial score (nSPS) is 15.5. The van der Waals surface area contributed by atoms with E-state index in [2.05, 4.69) is 9.88 Å². The number of carbonyl (C=O) groups excluding carboxylic acids is 2. The third-order valence-electron chi connectivity index (χ3n) is 3.44. The molecule has 5 nitrogen and oxygen atoms in total. The number of hydrogen-bond donors (Lipinski definition) is 0. The van der Waals surface area contributed by atoms with E-state index in [1.807, 2.05) is 17.9 Å². The minimum absolute atomic E-state index is 0.0629. The van der Waals surface area contributed by atoms with Crippen LogP contribution >= 0.6 is 0 Å². The van der Waals surface area contributed by atoms with Gasteiger partial charge in [-0.05, 0) is 12.1 Å². The van der Waals surface area contributed by atoms with Crippen molar-refractivity contribution < 1.29 is 9.59 Å². The molecule has 0 atom stereocenters. The largest absolute Gasteiger partial charge is 0.367 e. The highest BCUT2D eigenvalue weighted by molar-refractivity contribution is 5.94. The molecule has 1 aliphatic rings. The fourth-order valence-corrected chi connectivity index (χ4v) is 2.20. The molecule has 0 radical (unpaired) electrons. The Morgan fingerprint density at radius 2 is 1.89 bits per heavy atom. The van der Waals surface area contributed by atoms with Gasteiger partial charge in [-0.15, -0.1) is 0 Å². The Morgan fingerprint density at radius 3 is 2.37 bits per heavy atom. The Balaban J connectivity index is 2.00. The van der Waals surface area contributed by atoms with E-state index in [1.54, 1.807) is 19.2 Å². The van der Waals surface area contributed by atoms with Crippen molar-refractivity contribution in [1.29, 1.82) is 0 Å². The van der Waals surface area contributed by atoms with Crippen LogP contribution in [0.2, 0.25) is 0 Å². The molecule has 1 amide bonds. The molecule has 0 N–H and O–H groups in total. The highest BCUT2D eigenvalue weighted by atomic mass is 16.2. The first-order valence-corrected chi connectivity index (χ1v) is 6.61. The predicted octanol–water partition coefficient (Wildman–Crippen LogP) is 1.34. The molecule has 1 aromatic rings. The van der Waals surface area contributed by atoms with E-state index in [1.165, 1.54) is 0 Å². The van der Waals surface area contributed by atoms with E-state index in [0.29, 0.717) is 12.1 Å². The molecule has 0 aromatic carbocycles. The maximum absolute atomic E-state index is 11.5. The van der Waals surface area contributed by atoms with E-state index >= 15 is 0 Å². The van der Waals surface area contributed by atoms with Crippen molar-refractivity contribution in [3.63, 3.8) is 0 Å². The van der Waals surface area contributed by atoms with Gasteiger partial charge in [0.1, 0.15) is 5.69 Å². The lowest BCUT2D eigenvalue weighted by Gasteiger charge is -2.35. The smallest absolute Gasteiger partial charge is 0.219 e. The summed E-state index contributed by atoms with van der Waals surface area (Å²) in [5.74, 6) is 0.189. The zero-order valence-electron chi connectivity index (χ0n) is 11.4. The quantitative estimate of drug-likeness (QED) is 0.771. The molecular weight excluding hydrogens is 242 g/mol. The number of amides is 1. The number of nitrogens with zero attached hydrogens (tertiary/aromatic N) is 3. The molecule has 1 aromatic heterocycles. The lowest BCUT2D eigenvalue weighted by molar-refractivity contribution is -0.129. The van der Waals surface area contributed by atoms with Crippen LogP contribution in [0.3, 0.4) is 0 Å². The van der Waals surface area contributed by atoms with Crippen LogP contribution < -0.4 is 4.90 Å². The van der Waals surface area contributed by atoms with Crippen molar-refractivity contribution in [3.8, 4) is 0 Å². The second-order valence-corrected chi connectivity index (χ2v) is 4.67. The number of Topliss-reactive ketones (excluding diaryl/α,β-unsaturated/α-hetero) is 1. The Morgan fingerprint density at radius 1 is 1.21 bits per heavy atom. The van der Waals surface area contributed by atoms with Gasteiger partial charge in [0.25, 0.3) is 0 Å². The molecule has 2 heterocycles. The molecule has 19 heavy (non-hydrogen) atoms. The van der Waals surface area contributed by atoms with Gasteiger partial charge in [0.2, 0.25) is 5.91 Å². The lowest BCUT2D eigenvalue weighted by Crippen LogP contribution is -2.48. The molecule has 102 valence electrons. The van der Waals surface area contributed by atoms with Crippen LogP contribution in [0.25, 0.3) is 0 Å². The highest BCUT2D eigenvalue weighted by Crippen LogP contribution is 2.16. The standard InChI is InChI=1S/C14H19N3O2/c1-3-14(19)13-5-4-12(10-15-13)17-8-6-16(7-9-17)11(2)18/h4-5,10H,3,6-9H2,1-2H3. The SMILES string of the molecule is CCC(=O)c1ccc(N2CCN(C(C)=O)CC2)cn1. The van der Waals surface area contributed by atoms with Crippen LogP contribution in [0.4, 0.5) is 5.69 Å². The zero-order chi connectivity index (χ0) is 13.8. The summed E-state index contributed by atoms with van der Waals surface area (Å²) in [6.07, 6.45) is 2.22. The summed E-state index contributed by atoms with van der Waals surface area (Å²) < 4.78 is 0. The summed E-state index contributed by atoms with van der Waals surface area (Å²) in [5, 5.41) is 0. The van der Waals surface area contributed by atoms with Crippen molar-refractivity contribution in [1.82, 2.24) is 9.88 Å². The third-order valence-corrected chi connectivity index (χ3v) is 3.44. The van der Waals surface area contributed by atoms with Crippen LogP contribution in [0.15, 0.2) is 18.3 Å². The van der Waals surface area contributed by atoms with Gasteiger partial charge in [0, 0.05) is 39.5 Å². The first kappa shape index (κ1) is 13.5. The van der Waals surface area contributed by atoms with Crippen molar-refractivity contribution in [3.05, 3.63) is 24.0 Å². The minimum atomic E-state index is 0.0629. The number of ketones is 1. The maximum Gasteiger partial charge on any atom is 0.219 e. The third kappa shape index (κ3) is 3.10. The number of carbonyl (C=O) groups is 2. The van der Waals surface area contributed by atoms with Crippen molar-refractivity contribution in [2.24, 2.45) is 0 Å². The van der Waals surface area contributed by atoms with Crippen LogP contribution in [-0.4, -0.2) is 47.8 Å². The summed E-state index contributed by atoms with van der Waals surface area (Å²) in [4.78, 5) is 31.0. The highest BCUT2D eigenvalue weighted by Gasteiger charge is 2.19. The summed E-state index contributed by atoms with van der Waals surface area (Å²) in [5.41, 5.74) is 1.53. The number of anilines is 1. The van der Waals surface area contributed by atoms with Gasteiger partial charge in [-0.3, -0.25) is 14.6 Å². The second-order valence-electron chi connectivity index (χ2n) is 4.67. The minimum Gasteiger partial charge on any atom is -0.367 e. The average molecular weight is 261 g/mol. The Kier molecular flexibility index (Phi) is 4.14. The van der Waals surface area contributed by atoms with E-state index in [9.17, 15) is 9.59 Å². The van der Waals surface area contributed by atoms with Crippen molar-refractivity contribution in [2.75, 3.05) is 31.1 Å². The summed E-state index contributed by atoms with van der Waals surface area (Å²) in [6, 6.07) is 3.71. The van der Waals surface area contributed by atoms with Gasteiger partial charge >= 0.3 is 0 Å². The van der Waals surface area contributed by atoms with E-state index < -0.39 is 0 Å². The van der Waals surface area contributed by atoms with Crippen LogP contribution in [-0.2, 0) is 4.79 Å². The first-order valence-electron chi connectivity index (χ1n) is 6.61. The Labute approximate surface area is 113 Å². The number of rotatable bonds is 3. The van der Waals surface area contributed by atoms with Crippen LogP contribution in [0.5, 0.6) is 0 Å². The van der Waals surface area contributed by atoms with E-state index in [0.717, 1.165) is 31.9 Å². The molecule has 0 bridgehead atoms. The molecule has 0 spiro atoms. The number of piperazine rings is 1. The van der Waals surface area contributed by atoms with Gasteiger partial charge in [0.15, 0.2) is 5.78 Å². The fraction of sp³-hybridized carbons (Fsp3) is 0.500. The van der Waals surface area contributed by atoms with E-state index in [4.69, 9.17) is 0 Å². The van der Waals surface area contributed by atoms with Gasteiger partial charge < -0.3 is 9.80 Å². The molecule has 1 aliphatic heterocycles. The first-order chi connectivity index (χ1) is 9.11. The summed E-state index contributed by atoms with van der Waals surface area (Å²) in [7, 11) is 0. The average Bonchev–Trinajstić information content (AvgIpc) is 2.46. The summed E-state index contributed by atoms with van der Waals surface area (Å²) in [6.45, 7) is 6.53. The molecule has 1 fully saturated rings. The van der Waals surface area contributed by atoms with Gasteiger partial charge in [-0.2, -0.15) is 0 Å². The number of pyridine rings is 1. The number of hydrogen-bond acceptors (Lipinski definition) is 4. The van der Waals surface area contributed by atoms with Crippen LogP contribution in [0, 0.1) is 0 Å². The van der Waals surface area contributed by atoms with Crippen molar-refractivity contribution in [2.45, 2.75) is 20.3 Å². The van der Waals surface area contributed by atoms with Gasteiger partial charge in [-0.25, -0.2) is 0 Å². The molecule has 1 saturated heterocycles. The molecule has 0 saturated carbocycles. The van der Waals surface area contributed by atoms with E-state index in [-0.39, 0.29) is 11.7 Å². The van der Waals surface area contributed by atoms with Gasteiger partial charge in [-0.1, -0.05) is 6.92 Å². The topological polar surface area (TPSA) is 53.5 Å². The molecule has 0 aliphatic carbocycles. The Bertz CT molecular complexity index is 462. The lowest BCUT2D eigenvalue weighted by atomic mass is 10.2. The maximum atomic E-state index is 11.5. The summed E-state index contributed by atoms with van der Waals surface area (Å²) >= 11 is 0. The van der Waals surface area contributed by atoms with Gasteiger partial charge in [0.05, 0.1) is 11.9 Å². The molecular formula is C14H19N3O2. The molecule has 2 rings (SSSR count).